The Hall–Kier alpha value is -3.15. The number of aryl methyl sites for hydroxylation is 1. The first-order valence-corrected chi connectivity index (χ1v) is 9.53. The van der Waals surface area contributed by atoms with Crippen molar-refractivity contribution in [2.45, 2.75) is 33.4 Å². The number of rotatable bonds is 8. The number of benzene rings is 2. The summed E-state index contributed by atoms with van der Waals surface area (Å²) in [4.78, 5) is 31.0. The number of amides is 1. The number of hydrogen-bond acceptors (Lipinski definition) is 4. The van der Waals surface area contributed by atoms with Crippen molar-refractivity contribution in [2.75, 3.05) is 13.2 Å². The van der Waals surface area contributed by atoms with Gasteiger partial charge in [-0.15, -0.1) is 0 Å². The van der Waals surface area contributed by atoms with E-state index in [0.717, 1.165) is 22.4 Å². The zero-order chi connectivity index (χ0) is 19.9. The first kappa shape index (κ1) is 19.6. The average molecular weight is 379 g/mol. The number of likely N-dealkylation sites (N-methyl/N-ethyl adjacent to an activating group) is 1. The maximum Gasteiger partial charge on any atom is 0.326 e. The second-order valence-electron chi connectivity index (χ2n) is 6.51. The Kier molecular flexibility index (Phi) is 6.42. The maximum atomic E-state index is 12.5. The molecule has 3 aromatic rings. The standard InChI is InChI=1S/C22H25N3O3/c1-3-20-23-18-12-8-9-13-19(18)25(20)15-22(27)28-16-21(26)24(4-2)14-17-10-6-5-7-11-17/h5-13H,3-4,14-16H2,1-2H3. The van der Waals surface area contributed by atoms with Crippen LogP contribution in [0.3, 0.4) is 0 Å². The third-order valence-corrected chi connectivity index (χ3v) is 4.64. The molecule has 0 aliphatic carbocycles. The van der Waals surface area contributed by atoms with Gasteiger partial charge in [0, 0.05) is 19.5 Å². The lowest BCUT2D eigenvalue weighted by molar-refractivity contribution is -0.152. The number of esters is 1. The van der Waals surface area contributed by atoms with Crippen LogP contribution in [-0.2, 0) is 33.8 Å². The van der Waals surface area contributed by atoms with Crippen molar-refractivity contribution in [3.05, 3.63) is 66.0 Å². The van der Waals surface area contributed by atoms with Crippen LogP contribution in [0.15, 0.2) is 54.6 Å². The van der Waals surface area contributed by atoms with Crippen LogP contribution in [0.25, 0.3) is 11.0 Å². The van der Waals surface area contributed by atoms with E-state index in [1.54, 1.807) is 4.90 Å². The molecule has 1 amide bonds. The average Bonchev–Trinajstić information content (AvgIpc) is 3.08. The highest BCUT2D eigenvalue weighted by Crippen LogP contribution is 2.16. The molecule has 0 aliphatic rings. The highest BCUT2D eigenvalue weighted by molar-refractivity contribution is 5.82. The molecule has 0 fully saturated rings. The molecule has 0 radical (unpaired) electrons. The second-order valence-corrected chi connectivity index (χ2v) is 6.51. The van der Waals surface area contributed by atoms with Crippen molar-refractivity contribution in [3.8, 4) is 0 Å². The lowest BCUT2D eigenvalue weighted by Gasteiger charge is -2.21. The Labute approximate surface area is 164 Å². The van der Waals surface area contributed by atoms with Gasteiger partial charge in [-0.1, -0.05) is 49.4 Å². The van der Waals surface area contributed by atoms with Crippen molar-refractivity contribution in [2.24, 2.45) is 0 Å². The van der Waals surface area contributed by atoms with Gasteiger partial charge in [-0.3, -0.25) is 9.59 Å². The number of carbonyl (C=O) groups excluding carboxylic acids is 2. The van der Waals surface area contributed by atoms with Gasteiger partial charge in [0.1, 0.15) is 12.4 Å². The molecule has 2 aromatic carbocycles. The Bertz CT molecular complexity index is 950. The predicted molar refractivity (Wildman–Crippen MR) is 108 cm³/mol. The van der Waals surface area contributed by atoms with Crippen LogP contribution in [-0.4, -0.2) is 39.5 Å². The first-order chi connectivity index (χ1) is 13.6. The molecule has 0 aliphatic heterocycles. The van der Waals surface area contributed by atoms with Gasteiger partial charge in [-0.2, -0.15) is 0 Å². The Morgan fingerprint density at radius 1 is 1.04 bits per heavy atom. The number of carbonyl (C=O) groups is 2. The van der Waals surface area contributed by atoms with Gasteiger partial charge in [0.2, 0.25) is 0 Å². The Balaban J connectivity index is 1.60. The van der Waals surface area contributed by atoms with Gasteiger partial charge in [0.15, 0.2) is 6.61 Å². The molecule has 0 atom stereocenters. The number of aromatic nitrogens is 2. The molecule has 0 N–H and O–H groups in total. The highest BCUT2D eigenvalue weighted by atomic mass is 16.5. The summed E-state index contributed by atoms with van der Waals surface area (Å²) in [7, 11) is 0. The molecular formula is C22H25N3O3. The van der Waals surface area contributed by atoms with E-state index in [0.29, 0.717) is 19.5 Å². The zero-order valence-corrected chi connectivity index (χ0v) is 16.3. The summed E-state index contributed by atoms with van der Waals surface area (Å²) in [6, 6.07) is 17.4. The van der Waals surface area contributed by atoms with Crippen LogP contribution in [0.2, 0.25) is 0 Å². The van der Waals surface area contributed by atoms with Crippen molar-refractivity contribution in [1.82, 2.24) is 14.5 Å². The molecular weight excluding hydrogens is 354 g/mol. The minimum Gasteiger partial charge on any atom is -0.454 e. The molecule has 6 heteroatoms. The number of nitrogens with zero attached hydrogens (tertiary/aromatic N) is 3. The van der Waals surface area contributed by atoms with E-state index < -0.39 is 5.97 Å². The topological polar surface area (TPSA) is 64.4 Å². The molecule has 146 valence electrons. The molecule has 1 aromatic heterocycles. The Morgan fingerprint density at radius 2 is 1.75 bits per heavy atom. The van der Waals surface area contributed by atoms with Crippen LogP contribution < -0.4 is 0 Å². The number of imidazole rings is 1. The second kappa shape index (κ2) is 9.17. The first-order valence-electron chi connectivity index (χ1n) is 9.53. The minimum absolute atomic E-state index is 0.0434. The van der Waals surface area contributed by atoms with Crippen molar-refractivity contribution >= 4 is 22.9 Å². The van der Waals surface area contributed by atoms with E-state index in [1.807, 2.05) is 73.0 Å². The molecule has 0 saturated heterocycles. The molecule has 0 spiro atoms. The predicted octanol–water partition coefficient (Wildman–Crippen LogP) is 3.19. The molecule has 0 bridgehead atoms. The van der Waals surface area contributed by atoms with Crippen LogP contribution in [0.5, 0.6) is 0 Å². The fourth-order valence-corrected chi connectivity index (χ4v) is 3.16. The third kappa shape index (κ3) is 4.57. The maximum absolute atomic E-state index is 12.5. The van der Waals surface area contributed by atoms with Crippen molar-refractivity contribution in [3.63, 3.8) is 0 Å². The largest absolute Gasteiger partial charge is 0.454 e. The summed E-state index contributed by atoms with van der Waals surface area (Å²) < 4.78 is 7.12. The quantitative estimate of drug-likeness (QED) is 0.564. The summed E-state index contributed by atoms with van der Waals surface area (Å²) in [6.45, 7) is 4.75. The monoisotopic (exact) mass is 379 g/mol. The normalized spacial score (nSPS) is 10.8. The Morgan fingerprint density at radius 3 is 2.46 bits per heavy atom. The smallest absolute Gasteiger partial charge is 0.326 e. The summed E-state index contributed by atoms with van der Waals surface area (Å²) in [6.07, 6.45) is 0.710. The van der Waals surface area contributed by atoms with Crippen LogP contribution >= 0.6 is 0 Å². The van der Waals surface area contributed by atoms with Gasteiger partial charge in [0.25, 0.3) is 5.91 Å². The minimum atomic E-state index is -0.443. The summed E-state index contributed by atoms with van der Waals surface area (Å²) in [5.74, 6) is 0.177. The van der Waals surface area contributed by atoms with Gasteiger partial charge < -0.3 is 14.2 Å². The highest BCUT2D eigenvalue weighted by Gasteiger charge is 2.17. The lowest BCUT2D eigenvalue weighted by Crippen LogP contribution is -2.34. The molecule has 6 nitrogen and oxygen atoms in total. The van der Waals surface area contributed by atoms with E-state index in [-0.39, 0.29) is 19.1 Å². The van der Waals surface area contributed by atoms with Gasteiger partial charge in [-0.25, -0.2) is 4.98 Å². The van der Waals surface area contributed by atoms with Gasteiger partial charge in [-0.05, 0) is 24.6 Å². The van der Waals surface area contributed by atoms with E-state index >= 15 is 0 Å². The molecule has 0 saturated carbocycles. The fraction of sp³-hybridized carbons (Fsp3) is 0.318. The van der Waals surface area contributed by atoms with E-state index in [4.69, 9.17) is 4.74 Å². The van der Waals surface area contributed by atoms with Crippen LogP contribution in [0.4, 0.5) is 0 Å². The summed E-state index contributed by atoms with van der Waals surface area (Å²) >= 11 is 0. The molecule has 0 unspecified atom stereocenters. The van der Waals surface area contributed by atoms with E-state index in [9.17, 15) is 9.59 Å². The molecule has 28 heavy (non-hydrogen) atoms. The van der Waals surface area contributed by atoms with Crippen LogP contribution in [0.1, 0.15) is 25.2 Å². The molecule has 3 rings (SSSR count). The van der Waals surface area contributed by atoms with Crippen LogP contribution in [0, 0.1) is 0 Å². The lowest BCUT2D eigenvalue weighted by atomic mass is 10.2. The van der Waals surface area contributed by atoms with Gasteiger partial charge >= 0.3 is 5.97 Å². The summed E-state index contributed by atoms with van der Waals surface area (Å²) in [5, 5.41) is 0. The van der Waals surface area contributed by atoms with E-state index in [1.165, 1.54) is 0 Å². The SMILES string of the molecule is CCc1nc2ccccc2n1CC(=O)OCC(=O)N(CC)Cc1ccccc1. The number of hydrogen-bond donors (Lipinski definition) is 0. The number of para-hydroxylation sites is 2. The van der Waals surface area contributed by atoms with Gasteiger partial charge in [0.05, 0.1) is 11.0 Å². The molecule has 1 heterocycles. The number of ether oxygens (including phenoxy) is 1. The number of fused-ring (bicyclic) bond motifs is 1. The third-order valence-electron chi connectivity index (χ3n) is 4.64. The van der Waals surface area contributed by atoms with E-state index in [2.05, 4.69) is 4.98 Å². The fourth-order valence-electron chi connectivity index (χ4n) is 3.16. The zero-order valence-electron chi connectivity index (χ0n) is 16.3. The van der Waals surface area contributed by atoms with Crippen molar-refractivity contribution in [1.29, 1.82) is 0 Å². The summed E-state index contributed by atoms with van der Waals surface area (Å²) in [5.41, 5.74) is 2.78. The van der Waals surface area contributed by atoms with Crippen molar-refractivity contribution < 1.29 is 14.3 Å².